The summed E-state index contributed by atoms with van der Waals surface area (Å²) >= 11 is 0. The van der Waals surface area contributed by atoms with E-state index in [-0.39, 0.29) is 5.75 Å². The number of hydrogen-bond donors (Lipinski definition) is 0. The smallest absolute Gasteiger partial charge is 0.269 e. The summed E-state index contributed by atoms with van der Waals surface area (Å²) in [5.74, 6) is -1.15. The Bertz CT molecular complexity index is 754. The zero-order chi connectivity index (χ0) is 16.4. The van der Waals surface area contributed by atoms with Crippen LogP contribution in [0.15, 0.2) is 30.6 Å². The summed E-state index contributed by atoms with van der Waals surface area (Å²) in [5.41, 5.74) is -1.08. The van der Waals surface area contributed by atoms with Gasteiger partial charge >= 0.3 is 6.18 Å². The lowest BCUT2D eigenvalue weighted by atomic mass is 10.2. The minimum Gasteiger partial charge on any atom is -0.269 e. The Hall–Kier alpha value is -1.90. The second kappa shape index (κ2) is 6.07. The highest BCUT2D eigenvalue weighted by molar-refractivity contribution is 7.89. The normalized spacial score (nSPS) is 12.5. The first kappa shape index (κ1) is 16.5. The average Bonchev–Trinajstić information content (AvgIpc) is 2.83. The van der Waals surface area contributed by atoms with Crippen LogP contribution < -0.4 is 0 Å². The quantitative estimate of drug-likeness (QED) is 0.843. The van der Waals surface area contributed by atoms with Gasteiger partial charge in [-0.1, -0.05) is 0 Å². The van der Waals surface area contributed by atoms with Crippen molar-refractivity contribution in [3.05, 3.63) is 47.5 Å². The maximum atomic E-state index is 12.9. The van der Waals surface area contributed by atoms with Gasteiger partial charge in [0.1, 0.15) is 0 Å². The van der Waals surface area contributed by atoms with E-state index in [4.69, 9.17) is 0 Å². The van der Waals surface area contributed by atoms with Crippen molar-refractivity contribution in [2.24, 2.45) is 0 Å². The third-order valence-corrected chi connectivity index (χ3v) is 4.47. The van der Waals surface area contributed by atoms with Gasteiger partial charge in [0, 0.05) is 18.9 Å². The Morgan fingerprint density at radius 3 is 2.55 bits per heavy atom. The van der Waals surface area contributed by atoms with Crippen LogP contribution in [0.3, 0.4) is 0 Å². The SMILES string of the molecule is CCn1nccc1CS(=O)(=O)Cc1ncccc1C(F)(F)F. The minimum absolute atomic E-state index is 0.380. The molecule has 0 atom stereocenters. The van der Waals surface area contributed by atoms with Crippen LogP contribution >= 0.6 is 0 Å². The molecule has 0 aliphatic heterocycles. The van der Waals surface area contributed by atoms with Crippen molar-refractivity contribution >= 4 is 9.84 Å². The van der Waals surface area contributed by atoms with Crippen molar-refractivity contribution in [1.29, 1.82) is 0 Å². The molecule has 0 saturated carbocycles. The molecule has 120 valence electrons. The summed E-state index contributed by atoms with van der Waals surface area (Å²) < 4.78 is 64.4. The van der Waals surface area contributed by atoms with E-state index in [0.29, 0.717) is 12.2 Å². The monoisotopic (exact) mass is 333 g/mol. The number of nitrogens with zero attached hydrogens (tertiary/aromatic N) is 3. The van der Waals surface area contributed by atoms with E-state index in [1.165, 1.54) is 16.9 Å². The zero-order valence-corrected chi connectivity index (χ0v) is 12.5. The summed E-state index contributed by atoms with van der Waals surface area (Å²) in [4.78, 5) is 3.58. The number of aryl methyl sites for hydroxylation is 1. The summed E-state index contributed by atoms with van der Waals surface area (Å²) in [6.45, 7) is 2.28. The van der Waals surface area contributed by atoms with Crippen LogP contribution in [0.25, 0.3) is 0 Å². The van der Waals surface area contributed by atoms with E-state index in [0.717, 1.165) is 18.3 Å². The van der Waals surface area contributed by atoms with Gasteiger partial charge in [-0.15, -0.1) is 0 Å². The highest BCUT2D eigenvalue weighted by Gasteiger charge is 2.35. The molecular weight excluding hydrogens is 319 g/mol. The van der Waals surface area contributed by atoms with Gasteiger partial charge in [-0.05, 0) is 25.1 Å². The number of rotatable bonds is 5. The number of sulfone groups is 1. The van der Waals surface area contributed by atoms with Crippen molar-refractivity contribution in [2.45, 2.75) is 31.2 Å². The second-order valence-electron chi connectivity index (χ2n) is 4.67. The van der Waals surface area contributed by atoms with Gasteiger partial charge in [0.15, 0.2) is 9.84 Å². The Labute approximate surface area is 125 Å². The Morgan fingerprint density at radius 2 is 1.91 bits per heavy atom. The first-order chi connectivity index (χ1) is 10.2. The fraction of sp³-hybridized carbons (Fsp3) is 0.385. The molecule has 0 N–H and O–H groups in total. The summed E-state index contributed by atoms with van der Waals surface area (Å²) in [5, 5.41) is 3.94. The maximum absolute atomic E-state index is 12.9. The van der Waals surface area contributed by atoms with Gasteiger partial charge in [0.05, 0.1) is 28.5 Å². The van der Waals surface area contributed by atoms with Crippen molar-refractivity contribution < 1.29 is 21.6 Å². The summed E-state index contributed by atoms with van der Waals surface area (Å²) in [6.07, 6.45) is -2.03. The molecule has 0 fully saturated rings. The van der Waals surface area contributed by atoms with Crippen LogP contribution in [-0.2, 0) is 34.1 Å². The zero-order valence-electron chi connectivity index (χ0n) is 11.7. The van der Waals surface area contributed by atoms with Crippen LogP contribution in [0.5, 0.6) is 0 Å². The molecule has 2 aromatic heterocycles. The maximum Gasteiger partial charge on any atom is 0.418 e. The number of pyridine rings is 1. The first-order valence-electron chi connectivity index (χ1n) is 6.45. The van der Waals surface area contributed by atoms with E-state index in [2.05, 4.69) is 10.1 Å². The van der Waals surface area contributed by atoms with Crippen LogP contribution in [0.4, 0.5) is 13.2 Å². The van der Waals surface area contributed by atoms with Gasteiger partial charge in [0.25, 0.3) is 0 Å². The molecular formula is C13H14F3N3O2S. The Balaban J connectivity index is 2.27. The van der Waals surface area contributed by atoms with Crippen molar-refractivity contribution in [3.63, 3.8) is 0 Å². The molecule has 0 aliphatic rings. The van der Waals surface area contributed by atoms with Crippen LogP contribution in [0, 0.1) is 0 Å². The first-order valence-corrected chi connectivity index (χ1v) is 8.27. The largest absolute Gasteiger partial charge is 0.418 e. The molecule has 0 radical (unpaired) electrons. The molecule has 2 aromatic rings. The second-order valence-corrected chi connectivity index (χ2v) is 6.73. The van der Waals surface area contributed by atoms with E-state index in [1.807, 2.05) is 0 Å². The molecule has 0 aromatic carbocycles. The molecule has 0 spiro atoms. The molecule has 0 amide bonds. The third kappa shape index (κ3) is 3.85. The highest BCUT2D eigenvalue weighted by atomic mass is 32.2. The molecule has 0 bridgehead atoms. The molecule has 9 heteroatoms. The highest BCUT2D eigenvalue weighted by Crippen LogP contribution is 2.31. The van der Waals surface area contributed by atoms with Crippen LogP contribution in [-0.4, -0.2) is 23.2 Å². The summed E-state index contributed by atoms with van der Waals surface area (Å²) in [7, 11) is -3.80. The van der Waals surface area contributed by atoms with Crippen LogP contribution in [0.1, 0.15) is 23.9 Å². The van der Waals surface area contributed by atoms with Gasteiger partial charge in [0.2, 0.25) is 0 Å². The predicted octanol–water partition coefficient (Wildman–Crippen LogP) is 2.43. The lowest BCUT2D eigenvalue weighted by Crippen LogP contribution is -2.17. The number of halogens is 3. The third-order valence-electron chi connectivity index (χ3n) is 3.02. The topological polar surface area (TPSA) is 64.8 Å². The van der Waals surface area contributed by atoms with Crippen molar-refractivity contribution in [3.8, 4) is 0 Å². The minimum atomic E-state index is -4.63. The van der Waals surface area contributed by atoms with E-state index < -0.39 is 33.0 Å². The lowest BCUT2D eigenvalue weighted by Gasteiger charge is -2.12. The lowest BCUT2D eigenvalue weighted by molar-refractivity contribution is -0.138. The molecule has 0 aliphatic carbocycles. The summed E-state index contributed by atoms with van der Waals surface area (Å²) in [6, 6.07) is 3.49. The predicted molar refractivity (Wildman–Crippen MR) is 73.5 cm³/mol. The Kier molecular flexibility index (Phi) is 4.55. The van der Waals surface area contributed by atoms with Crippen molar-refractivity contribution in [2.75, 3.05) is 0 Å². The van der Waals surface area contributed by atoms with Crippen LogP contribution in [0.2, 0.25) is 0 Å². The van der Waals surface area contributed by atoms with Gasteiger partial charge in [-0.25, -0.2) is 8.42 Å². The number of alkyl halides is 3. The van der Waals surface area contributed by atoms with Gasteiger partial charge in [-0.2, -0.15) is 18.3 Å². The molecule has 22 heavy (non-hydrogen) atoms. The molecule has 2 heterocycles. The number of hydrogen-bond acceptors (Lipinski definition) is 4. The Morgan fingerprint density at radius 1 is 1.18 bits per heavy atom. The van der Waals surface area contributed by atoms with E-state index in [9.17, 15) is 21.6 Å². The van der Waals surface area contributed by atoms with E-state index in [1.54, 1.807) is 6.92 Å². The molecule has 5 nitrogen and oxygen atoms in total. The van der Waals surface area contributed by atoms with Crippen molar-refractivity contribution in [1.82, 2.24) is 14.8 Å². The fourth-order valence-electron chi connectivity index (χ4n) is 2.06. The molecule has 2 rings (SSSR count). The molecule has 0 unspecified atom stereocenters. The van der Waals surface area contributed by atoms with Gasteiger partial charge < -0.3 is 0 Å². The van der Waals surface area contributed by atoms with Gasteiger partial charge in [-0.3, -0.25) is 9.67 Å². The molecule has 0 saturated heterocycles. The average molecular weight is 333 g/mol. The standard InChI is InChI=1S/C13H14F3N3O2S/c1-2-19-10(5-7-18-19)8-22(20,21)9-12-11(13(14,15)16)4-3-6-17-12/h3-7H,2,8-9H2,1H3. The van der Waals surface area contributed by atoms with E-state index >= 15 is 0 Å². The fourth-order valence-corrected chi connectivity index (χ4v) is 3.51. The number of aromatic nitrogens is 3.